The number of alkyl halides is 1. The van der Waals surface area contributed by atoms with Gasteiger partial charge in [0.2, 0.25) is 0 Å². The summed E-state index contributed by atoms with van der Waals surface area (Å²) in [5, 5.41) is 5.18. The zero-order valence-corrected chi connectivity index (χ0v) is 14.0. The zero-order chi connectivity index (χ0) is 14.3. The number of nitrogens with one attached hydrogen (secondary N) is 2. The van der Waals surface area contributed by atoms with Gasteiger partial charge < -0.3 is 4.98 Å². The number of benzene rings is 1. The standard InChI is InChI=1S/C17H23BrN2/c1-11(2)12(3)20-17(18)10-6-8-14-13-7-4-5-9-15(13)19-16(14)17/h4-5,7,9,11-12,19-20H,6,8,10H2,1-3H3/t12-,17?/m1/s1. The van der Waals surface area contributed by atoms with E-state index >= 15 is 0 Å². The minimum atomic E-state index is -0.108. The lowest BCUT2D eigenvalue weighted by Gasteiger charge is -2.36. The van der Waals surface area contributed by atoms with Gasteiger partial charge >= 0.3 is 0 Å². The number of hydrogen-bond acceptors (Lipinski definition) is 1. The van der Waals surface area contributed by atoms with Crippen LogP contribution in [0.15, 0.2) is 24.3 Å². The van der Waals surface area contributed by atoms with Crippen LogP contribution in [-0.4, -0.2) is 11.0 Å². The Morgan fingerprint density at radius 1 is 1.25 bits per heavy atom. The van der Waals surface area contributed by atoms with Crippen LogP contribution in [0.2, 0.25) is 0 Å². The second-order valence-corrected chi connectivity index (χ2v) is 7.71. The molecule has 2 atom stereocenters. The second-order valence-electron chi connectivity index (χ2n) is 6.36. The molecule has 0 radical (unpaired) electrons. The number of para-hydroxylation sites is 1. The third-order valence-corrected chi connectivity index (χ3v) is 5.64. The molecule has 2 aromatic rings. The number of rotatable bonds is 3. The van der Waals surface area contributed by atoms with Gasteiger partial charge in [-0.3, -0.25) is 5.32 Å². The van der Waals surface area contributed by atoms with E-state index in [-0.39, 0.29) is 4.45 Å². The first kappa shape index (κ1) is 14.2. The molecule has 20 heavy (non-hydrogen) atoms. The van der Waals surface area contributed by atoms with Crippen molar-refractivity contribution < 1.29 is 0 Å². The maximum Gasteiger partial charge on any atom is 0.115 e. The molecule has 0 spiro atoms. The van der Waals surface area contributed by atoms with Gasteiger partial charge in [-0.1, -0.05) is 48.0 Å². The van der Waals surface area contributed by atoms with Crippen molar-refractivity contribution >= 4 is 26.8 Å². The summed E-state index contributed by atoms with van der Waals surface area (Å²) in [5.41, 5.74) is 4.06. The van der Waals surface area contributed by atoms with Crippen molar-refractivity contribution in [2.75, 3.05) is 0 Å². The van der Waals surface area contributed by atoms with E-state index in [1.807, 2.05) is 0 Å². The Morgan fingerprint density at radius 3 is 2.75 bits per heavy atom. The third-order valence-electron chi connectivity index (χ3n) is 4.61. The number of hydrogen-bond donors (Lipinski definition) is 2. The third kappa shape index (κ3) is 2.31. The molecule has 0 saturated heterocycles. The lowest BCUT2D eigenvalue weighted by Crippen LogP contribution is -2.46. The van der Waals surface area contributed by atoms with E-state index in [1.165, 1.54) is 35.0 Å². The molecule has 1 aromatic heterocycles. The monoisotopic (exact) mass is 334 g/mol. The fourth-order valence-corrected chi connectivity index (χ4v) is 4.08. The summed E-state index contributed by atoms with van der Waals surface area (Å²) in [5.74, 6) is 0.624. The first-order valence-electron chi connectivity index (χ1n) is 7.58. The lowest BCUT2D eigenvalue weighted by molar-refractivity contribution is 0.325. The minimum Gasteiger partial charge on any atom is -0.356 e. The first-order valence-corrected chi connectivity index (χ1v) is 8.37. The fraction of sp³-hybridized carbons (Fsp3) is 0.529. The summed E-state index contributed by atoms with van der Waals surface area (Å²) >= 11 is 4.00. The van der Waals surface area contributed by atoms with Gasteiger partial charge in [0.25, 0.3) is 0 Å². The van der Waals surface area contributed by atoms with E-state index in [1.54, 1.807) is 0 Å². The molecule has 0 bridgehead atoms. The number of aromatic nitrogens is 1. The Hall–Kier alpha value is -0.800. The molecule has 108 valence electrons. The molecule has 0 fully saturated rings. The van der Waals surface area contributed by atoms with Gasteiger partial charge in [-0.15, -0.1) is 0 Å². The maximum absolute atomic E-state index is 4.00. The Morgan fingerprint density at radius 2 is 2.00 bits per heavy atom. The van der Waals surface area contributed by atoms with E-state index in [9.17, 15) is 0 Å². The average Bonchev–Trinajstić information content (AvgIpc) is 2.79. The van der Waals surface area contributed by atoms with Crippen LogP contribution in [0.4, 0.5) is 0 Å². The normalized spacial score (nSPS) is 24.1. The van der Waals surface area contributed by atoms with Crippen LogP contribution in [-0.2, 0) is 10.9 Å². The number of fused-ring (bicyclic) bond motifs is 3. The molecule has 0 aliphatic heterocycles. The molecular formula is C17H23BrN2. The number of H-pyrrole nitrogens is 1. The molecule has 1 aromatic carbocycles. The van der Waals surface area contributed by atoms with Gasteiger partial charge in [0.15, 0.2) is 0 Å². The van der Waals surface area contributed by atoms with Crippen LogP contribution >= 0.6 is 15.9 Å². The summed E-state index contributed by atoms with van der Waals surface area (Å²) < 4.78 is -0.108. The summed E-state index contributed by atoms with van der Waals surface area (Å²) in [6.07, 6.45) is 3.52. The zero-order valence-electron chi connectivity index (χ0n) is 12.5. The average molecular weight is 335 g/mol. The molecule has 0 saturated carbocycles. The van der Waals surface area contributed by atoms with Gasteiger partial charge in [0, 0.05) is 16.9 Å². The first-order chi connectivity index (χ1) is 9.51. The van der Waals surface area contributed by atoms with Gasteiger partial charge in [0.1, 0.15) is 4.45 Å². The molecule has 1 unspecified atom stereocenters. The quantitative estimate of drug-likeness (QED) is 0.618. The van der Waals surface area contributed by atoms with Crippen LogP contribution < -0.4 is 5.32 Å². The molecule has 1 aliphatic rings. The highest BCUT2D eigenvalue weighted by molar-refractivity contribution is 9.09. The van der Waals surface area contributed by atoms with Crippen molar-refractivity contribution in [1.29, 1.82) is 0 Å². The van der Waals surface area contributed by atoms with Gasteiger partial charge in [-0.05, 0) is 43.7 Å². The highest BCUT2D eigenvalue weighted by Crippen LogP contribution is 2.43. The summed E-state index contributed by atoms with van der Waals surface area (Å²) in [4.78, 5) is 3.64. The highest BCUT2D eigenvalue weighted by atomic mass is 79.9. The Bertz CT molecular complexity index is 616. The van der Waals surface area contributed by atoms with E-state index in [4.69, 9.17) is 0 Å². The van der Waals surface area contributed by atoms with Crippen molar-refractivity contribution in [3.63, 3.8) is 0 Å². The lowest BCUT2D eigenvalue weighted by atomic mass is 9.90. The minimum absolute atomic E-state index is 0.108. The van der Waals surface area contributed by atoms with E-state index in [2.05, 4.69) is 71.3 Å². The number of aryl methyl sites for hydroxylation is 1. The van der Waals surface area contributed by atoms with Gasteiger partial charge in [-0.25, -0.2) is 0 Å². The Labute approximate surface area is 129 Å². The van der Waals surface area contributed by atoms with E-state index < -0.39 is 0 Å². The van der Waals surface area contributed by atoms with Gasteiger partial charge in [0.05, 0.1) is 5.69 Å². The molecule has 2 nitrogen and oxygen atoms in total. The summed E-state index contributed by atoms with van der Waals surface area (Å²) in [7, 11) is 0. The van der Waals surface area contributed by atoms with Crippen molar-refractivity contribution in [3.05, 3.63) is 35.5 Å². The van der Waals surface area contributed by atoms with E-state index in [0.29, 0.717) is 12.0 Å². The Kier molecular flexibility index (Phi) is 3.67. The van der Waals surface area contributed by atoms with Crippen LogP contribution in [0.1, 0.15) is 44.9 Å². The molecule has 3 rings (SSSR count). The van der Waals surface area contributed by atoms with Crippen molar-refractivity contribution in [1.82, 2.24) is 10.3 Å². The van der Waals surface area contributed by atoms with Crippen LogP contribution in [0.5, 0.6) is 0 Å². The highest BCUT2D eigenvalue weighted by Gasteiger charge is 2.37. The molecule has 3 heteroatoms. The molecular weight excluding hydrogens is 312 g/mol. The van der Waals surface area contributed by atoms with Crippen LogP contribution in [0, 0.1) is 5.92 Å². The van der Waals surface area contributed by atoms with Crippen molar-refractivity contribution in [2.24, 2.45) is 5.92 Å². The smallest absolute Gasteiger partial charge is 0.115 e. The van der Waals surface area contributed by atoms with Crippen LogP contribution in [0.3, 0.4) is 0 Å². The topological polar surface area (TPSA) is 27.8 Å². The SMILES string of the molecule is CC(C)[C@@H](C)NC1(Br)CCCc2c1[nH]c1ccccc21. The molecule has 2 N–H and O–H groups in total. The number of aromatic amines is 1. The van der Waals surface area contributed by atoms with Crippen molar-refractivity contribution in [2.45, 2.75) is 50.5 Å². The summed E-state index contributed by atoms with van der Waals surface area (Å²) in [6.45, 7) is 6.80. The molecule has 0 amide bonds. The predicted octanol–water partition coefficient (Wildman–Crippen LogP) is 4.69. The van der Waals surface area contributed by atoms with Gasteiger partial charge in [-0.2, -0.15) is 0 Å². The maximum atomic E-state index is 4.00. The van der Waals surface area contributed by atoms with Crippen LogP contribution in [0.25, 0.3) is 10.9 Å². The van der Waals surface area contributed by atoms with E-state index in [0.717, 1.165) is 6.42 Å². The molecule has 1 aliphatic carbocycles. The van der Waals surface area contributed by atoms with Crippen molar-refractivity contribution in [3.8, 4) is 0 Å². The second kappa shape index (κ2) is 5.19. The predicted molar refractivity (Wildman–Crippen MR) is 89.3 cm³/mol. The Balaban J connectivity index is 2.05. The fourth-order valence-electron chi connectivity index (χ4n) is 3.10. The number of halogens is 1. The largest absolute Gasteiger partial charge is 0.356 e. The molecule has 1 heterocycles. The summed E-state index contributed by atoms with van der Waals surface area (Å²) in [6, 6.07) is 9.12.